The standard InChI is InChI=1S/C17H17N5O3/c1-2-10-22-16(19-20-21-22)12-24-17(23)14-7-3-4-8-15(14)25-13-6-5-9-18-11-13/h3-9,11H,2,10,12H2,1H3. The zero-order valence-corrected chi connectivity index (χ0v) is 13.7. The van der Waals surface area contributed by atoms with Gasteiger partial charge in [0.25, 0.3) is 0 Å². The summed E-state index contributed by atoms with van der Waals surface area (Å²) in [5.41, 5.74) is 0.320. The van der Waals surface area contributed by atoms with Crippen molar-refractivity contribution in [3.63, 3.8) is 0 Å². The molecule has 0 saturated heterocycles. The van der Waals surface area contributed by atoms with Crippen LogP contribution in [0.1, 0.15) is 29.5 Å². The molecule has 128 valence electrons. The Morgan fingerprint density at radius 1 is 1.20 bits per heavy atom. The van der Waals surface area contributed by atoms with Gasteiger partial charge in [-0.1, -0.05) is 19.1 Å². The van der Waals surface area contributed by atoms with Crippen LogP contribution in [0.2, 0.25) is 0 Å². The van der Waals surface area contributed by atoms with Gasteiger partial charge in [0.15, 0.2) is 12.4 Å². The number of aromatic nitrogens is 5. The van der Waals surface area contributed by atoms with Gasteiger partial charge in [-0.15, -0.1) is 5.10 Å². The highest BCUT2D eigenvalue weighted by Crippen LogP contribution is 2.25. The van der Waals surface area contributed by atoms with Crippen molar-refractivity contribution in [1.82, 2.24) is 25.2 Å². The van der Waals surface area contributed by atoms with Gasteiger partial charge in [-0.05, 0) is 41.1 Å². The Balaban J connectivity index is 1.71. The van der Waals surface area contributed by atoms with Crippen molar-refractivity contribution in [1.29, 1.82) is 0 Å². The molecule has 0 aliphatic heterocycles. The van der Waals surface area contributed by atoms with Crippen molar-refractivity contribution >= 4 is 5.97 Å². The molecule has 0 radical (unpaired) electrons. The molecule has 0 aliphatic carbocycles. The topological polar surface area (TPSA) is 92.0 Å². The van der Waals surface area contributed by atoms with Crippen LogP contribution in [0.3, 0.4) is 0 Å². The average molecular weight is 339 g/mol. The predicted octanol–water partition coefficient (Wildman–Crippen LogP) is 2.63. The number of nitrogens with zero attached hydrogens (tertiary/aromatic N) is 5. The van der Waals surface area contributed by atoms with Crippen molar-refractivity contribution in [3.05, 3.63) is 60.2 Å². The van der Waals surface area contributed by atoms with Gasteiger partial charge >= 0.3 is 5.97 Å². The summed E-state index contributed by atoms with van der Waals surface area (Å²) in [7, 11) is 0. The number of hydrogen-bond acceptors (Lipinski definition) is 7. The molecule has 0 aliphatic rings. The van der Waals surface area contributed by atoms with Crippen LogP contribution in [0.5, 0.6) is 11.5 Å². The maximum Gasteiger partial charge on any atom is 0.342 e. The molecule has 0 spiro atoms. The van der Waals surface area contributed by atoms with Crippen molar-refractivity contribution in [2.45, 2.75) is 26.5 Å². The summed E-state index contributed by atoms with van der Waals surface area (Å²) in [6.07, 6.45) is 4.10. The molecule has 8 heteroatoms. The number of ether oxygens (including phenoxy) is 2. The van der Waals surface area contributed by atoms with Crippen LogP contribution in [0.15, 0.2) is 48.8 Å². The molecule has 25 heavy (non-hydrogen) atoms. The van der Waals surface area contributed by atoms with Crippen molar-refractivity contribution < 1.29 is 14.3 Å². The highest BCUT2D eigenvalue weighted by molar-refractivity contribution is 5.92. The van der Waals surface area contributed by atoms with Gasteiger partial charge in [0.05, 0.1) is 6.20 Å². The fourth-order valence-electron chi connectivity index (χ4n) is 2.18. The molecule has 0 amide bonds. The first-order chi connectivity index (χ1) is 12.3. The van der Waals surface area contributed by atoms with Gasteiger partial charge in [-0.2, -0.15) is 0 Å². The summed E-state index contributed by atoms with van der Waals surface area (Å²) in [6, 6.07) is 10.4. The van der Waals surface area contributed by atoms with E-state index in [1.54, 1.807) is 53.5 Å². The lowest BCUT2D eigenvalue weighted by atomic mass is 10.2. The number of tetrazole rings is 1. The van der Waals surface area contributed by atoms with Gasteiger partial charge in [0.1, 0.15) is 17.1 Å². The second kappa shape index (κ2) is 8.00. The molecule has 1 aromatic carbocycles. The highest BCUT2D eigenvalue weighted by Gasteiger charge is 2.16. The fourth-order valence-corrected chi connectivity index (χ4v) is 2.18. The van der Waals surface area contributed by atoms with E-state index in [4.69, 9.17) is 9.47 Å². The normalized spacial score (nSPS) is 10.4. The Morgan fingerprint density at radius 2 is 2.08 bits per heavy atom. The first kappa shape index (κ1) is 16.6. The summed E-state index contributed by atoms with van der Waals surface area (Å²) in [4.78, 5) is 16.4. The number of pyridine rings is 1. The third-order valence-corrected chi connectivity index (χ3v) is 3.34. The van der Waals surface area contributed by atoms with E-state index in [0.717, 1.165) is 6.42 Å². The van der Waals surface area contributed by atoms with E-state index in [9.17, 15) is 4.79 Å². The van der Waals surface area contributed by atoms with Crippen molar-refractivity contribution in [3.8, 4) is 11.5 Å². The quantitative estimate of drug-likeness (QED) is 0.611. The molecule has 0 saturated carbocycles. The fraction of sp³-hybridized carbons (Fsp3) is 0.235. The number of rotatable bonds is 7. The van der Waals surface area contributed by atoms with Crippen LogP contribution in [0, 0.1) is 0 Å². The first-order valence-corrected chi connectivity index (χ1v) is 7.87. The van der Waals surface area contributed by atoms with Crippen LogP contribution in [0.4, 0.5) is 0 Å². The van der Waals surface area contributed by atoms with Crippen LogP contribution in [-0.2, 0) is 17.9 Å². The lowest BCUT2D eigenvalue weighted by Gasteiger charge is -2.10. The molecule has 8 nitrogen and oxygen atoms in total. The van der Waals surface area contributed by atoms with Crippen molar-refractivity contribution in [2.75, 3.05) is 0 Å². The zero-order valence-electron chi connectivity index (χ0n) is 13.7. The second-order valence-corrected chi connectivity index (χ2v) is 5.18. The number of para-hydroxylation sites is 1. The summed E-state index contributed by atoms with van der Waals surface area (Å²) in [5, 5.41) is 11.3. The number of benzene rings is 1. The van der Waals surface area contributed by atoms with Crippen LogP contribution < -0.4 is 4.74 Å². The SMILES string of the molecule is CCCn1nnnc1COC(=O)c1ccccc1Oc1cccnc1. The van der Waals surface area contributed by atoms with E-state index < -0.39 is 5.97 Å². The summed E-state index contributed by atoms with van der Waals surface area (Å²) >= 11 is 0. The number of hydrogen-bond donors (Lipinski definition) is 0. The summed E-state index contributed by atoms with van der Waals surface area (Å²) in [6.45, 7) is 2.68. The first-order valence-electron chi connectivity index (χ1n) is 7.87. The number of aryl methyl sites for hydroxylation is 1. The molecule has 3 rings (SSSR count). The average Bonchev–Trinajstić information content (AvgIpc) is 3.08. The lowest BCUT2D eigenvalue weighted by Crippen LogP contribution is -2.11. The Bertz CT molecular complexity index is 835. The maximum absolute atomic E-state index is 12.4. The third-order valence-electron chi connectivity index (χ3n) is 3.34. The van der Waals surface area contributed by atoms with E-state index in [2.05, 4.69) is 20.5 Å². The monoisotopic (exact) mass is 339 g/mol. The number of carbonyl (C=O) groups excluding carboxylic acids is 1. The van der Waals surface area contributed by atoms with E-state index >= 15 is 0 Å². The van der Waals surface area contributed by atoms with E-state index in [-0.39, 0.29) is 6.61 Å². The minimum absolute atomic E-state index is 0.00688. The minimum atomic E-state index is -0.509. The van der Waals surface area contributed by atoms with Crippen LogP contribution >= 0.6 is 0 Å². The molecule has 3 aromatic rings. The van der Waals surface area contributed by atoms with Gasteiger partial charge in [0, 0.05) is 12.7 Å². The Labute approximate surface area is 144 Å². The minimum Gasteiger partial charge on any atom is -0.455 e. The van der Waals surface area contributed by atoms with E-state index in [0.29, 0.717) is 29.4 Å². The lowest BCUT2D eigenvalue weighted by molar-refractivity contribution is 0.0453. The zero-order chi connectivity index (χ0) is 17.5. The molecule has 0 atom stereocenters. The summed E-state index contributed by atoms with van der Waals surface area (Å²) in [5.74, 6) is 0.926. The Kier molecular flexibility index (Phi) is 5.30. The number of esters is 1. The van der Waals surface area contributed by atoms with Crippen LogP contribution in [-0.4, -0.2) is 31.2 Å². The molecule has 0 bridgehead atoms. The largest absolute Gasteiger partial charge is 0.455 e. The maximum atomic E-state index is 12.4. The summed E-state index contributed by atoms with van der Waals surface area (Å²) < 4.78 is 12.7. The van der Waals surface area contributed by atoms with Crippen LogP contribution in [0.25, 0.3) is 0 Å². The van der Waals surface area contributed by atoms with Gasteiger partial charge < -0.3 is 9.47 Å². The van der Waals surface area contributed by atoms with Gasteiger partial charge in [-0.25, -0.2) is 9.48 Å². The third kappa shape index (κ3) is 4.17. The molecule has 0 unspecified atom stereocenters. The van der Waals surface area contributed by atoms with Gasteiger partial charge in [-0.3, -0.25) is 4.98 Å². The van der Waals surface area contributed by atoms with E-state index in [1.165, 1.54) is 0 Å². The Morgan fingerprint density at radius 3 is 2.88 bits per heavy atom. The highest BCUT2D eigenvalue weighted by atomic mass is 16.5. The Hall–Kier alpha value is -3.29. The molecular weight excluding hydrogens is 322 g/mol. The van der Waals surface area contributed by atoms with Gasteiger partial charge in [0.2, 0.25) is 0 Å². The molecule has 0 N–H and O–H groups in total. The smallest absolute Gasteiger partial charge is 0.342 e. The second-order valence-electron chi connectivity index (χ2n) is 5.18. The molecule has 2 aromatic heterocycles. The predicted molar refractivity (Wildman–Crippen MR) is 88.0 cm³/mol. The number of carbonyl (C=O) groups is 1. The molecule has 0 fully saturated rings. The molecular formula is C17H17N5O3. The van der Waals surface area contributed by atoms with E-state index in [1.807, 2.05) is 6.92 Å². The molecule has 2 heterocycles. The van der Waals surface area contributed by atoms with Crippen molar-refractivity contribution in [2.24, 2.45) is 0 Å².